The summed E-state index contributed by atoms with van der Waals surface area (Å²) in [6.07, 6.45) is 3.14. The van der Waals surface area contributed by atoms with Crippen LogP contribution < -0.4 is 0 Å². The summed E-state index contributed by atoms with van der Waals surface area (Å²) in [5.74, 6) is 0.822. The first kappa shape index (κ1) is 14.3. The Kier molecular flexibility index (Phi) is 4.06. The Labute approximate surface area is 124 Å². The van der Waals surface area contributed by atoms with Crippen molar-refractivity contribution in [1.82, 2.24) is 10.1 Å². The van der Waals surface area contributed by atoms with Gasteiger partial charge in [0.2, 0.25) is 0 Å². The molecule has 1 aromatic carbocycles. The molecule has 1 aliphatic heterocycles. The molecule has 0 amide bonds. The van der Waals surface area contributed by atoms with E-state index < -0.39 is 0 Å². The molecule has 112 valence electrons. The summed E-state index contributed by atoms with van der Waals surface area (Å²) in [4.78, 5) is 2.41. The highest BCUT2D eigenvalue weighted by atomic mass is 19.1. The maximum absolute atomic E-state index is 13.4. The van der Waals surface area contributed by atoms with Crippen molar-refractivity contribution < 1.29 is 8.91 Å². The number of benzene rings is 1. The van der Waals surface area contributed by atoms with Gasteiger partial charge in [-0.1, -0.05) is 24.2 Å². The number of rotatable bonds is 4. The van der Waals surface area contributed by atoms with E-state index in [1.54, 1.807) is 12.1 Å². The van der Waals surface area contributed by atoms with Gasteiger partial charge in [-0.15, -0.1) is 0 Å². The highest BCUT2D eigenvalue weighted by Crippen LogP contribution is 2.36. The number of aryl methyl sites for hydroxylation is 2. The number of hydrogen-bond acceptors (Lipinski definition) is 3. The first-order valence-electron chi connectivity index (χ1n) is 7.62. The summed E-state index contributed by atoms with van der Waals surface area (Å²) in [5, 5.41) is 4.13. The fourth-order valence-electron chi connectivity index (χ4n) is 3.32. The Bertz CT molecular complexity index is 623. The average molecular weight is 288 g/mol. The summed E-state index contributed by atoms with van der Waals surface area (Å²) in [7, 11) is 0. The van der Waals surface area contributed by atoms with Crippen LogP contribution in [0.1, 0.15) is 48.4 Å². The van der Waals surface area contributed by atoms with Gasteiger partial charge >= 0.3 is 0 Å². The maximum atomic E-state index is 13.4. The number of nitrogens with zero attached hydrogens (tertiary/aromatic N) is 2. The van der Waals surface area contributed by atoms with Crippen LogP contribution in [0.2, 0.25) is 0 Å². The molecule has 1 unspecified atom stereocenters. The zero-order chi connectivity index (χ0) is 14.8. The Morgan fingerprint density at radius 1 is 1.43 bits per heavy atom. The van der Waals surface area contributed by atoms with Gasteiger partial charge in [0.1, 0.15) is 11.6 Å². The second kappa shape index (κ2) is 5.98. The predicted molar refractivity (Wildman–Crippen MR) is 79.4 cm³/mol. The molecular formula is C17H21FN2O. The molecular weight excluding hydrogens is 267 g/mol. The third-order valence-electron chi connectivity index (χ3n) is 4.28. The van der Waals surface area contributed by atoms with E-state index in [0.717, 1.165) is 49.4 Å². The molecule has 0 saturated carbocycles. The molecule has 3 rings (SSSR count). The molecule has 0 aliphatic carbocycles. The number of hydrogen-bond donors (Lipinski definition) is 0. The second-order valence-corrected chi connectivity index (χ2v) is 5.72. The Balaban J connectivity index is 1.84. The monoisotopic (exact) mass is 288 g/mol. The lowest BCUT2D eigenvalue weighted by Crippen LogP contribution is -2.23. The summed E-state index contributed by atoms with van der Waals surface area (Å²) in [6, 6.07) is 7.22. The zero-order valence-electron chi connectivity index (χ0n) is 12.6. The average Bonchev–Trinajstić information content (AvgIpc) is 3.05. The molecule has 1 atom stereocenters. The fourth-order valence-corrected chi connectivity index (χ4v) is 3.32. The summed E-state index contributed by atoms with van der Waals surface area (Å²) < 4.78 is 18.8. The van der Waals surface area contributed by atoms with E-state index in [9.17, 15) is 4.39 Å². The third-order valence-corrected chi connectivity index (χ3v) is 4.28. The highest BCUT2D eigenvalue weighted by Gasteiger charge is 2.31. The van der Waals surface area contributed by atoms with Gasteiger partial charge in [-0.25, -0.2) is 4.39 Å². The number of aromatic nitrogens is 1. The van der Waals surface area contributed by atoms with Crippen LogP contribution in [0.4, 0.5) is 4.39 Å². The van der Waals surface area contributed by atoms with Gasteiger partial charge in [0.25, 0.3) is 0 Å². The molecule has 4 heteroatoms. The molecule has 0 bridgehead atoms. The van der Waals surface area contributed by atoms with Crippen LogP contribution in [0.3, 0.4) is 0 Å². The normalized spacial score (nSPS) is 19.3. The minimum absolute atomic E-state index is 0.168. The third kappa shape index (κ3) is 2.86. The molecule has 1 aliphatic rings. The van der Waals surface area contributed by atoms with Crippen LogP contribution in [0.25, 0.3) is 0 Å². The fraction of sp³-hybridized carbons (Fsp3) is 0.471. The van der Waals surface area contributed by atoms with Gasteiger partial charge in [0, 0.05) is 24.6 Å². The second-order valence-electron chi connectivity index (χ2n) is 5.72. The lowest BCUT2D eigenvalue weighted by atomic mass is 10.0. The largest absolute Gasteiger partial charge is 0.361 e. The smallest absolute Gasteiger partial charge is 0.141 e. The van der Waals surface area contributed by atoms with Gasteiger partial charge in [0.05, 0.1) is 5.69 Å². The Hall–Kier alpha value is -1.68. The molecule has 3 nitrogen and oxygen atoms in total. The molecule has 0 N–H and O–H groups in total. The zero-order valence-corrected chi connectivity index (χ0v) is 12.6. The van der Waals surface area contributed by atoms with Gasteiger partial charge in [-0.05, 0) is 44.0 Å². The van der Waals surface area contributed by atoms with Crippen molar-refractivity contribution in [3.8, 4) is 0 Å². The summed E-state index contributed by atoms with van der Waals surface area (Å²) >= 11 is 0. The van der Waals surface area contributed by atoms with Gasteiger partial charge in [-0.3, -0.25) is 4.90 Å². The van der Waals surface area contributed by atoms with Crippen molar-refractivity contribution in [2.24, 2.45) is 0 Å². The molecule has 1 fully saturated rings. The first-order valence-corrected chi connectivity index (χ1v) is 7.62. The number of halogens is 1. The molecule has 0 spiro atoms. The molecule has 2 heterocycles. The standard InChI is InChI=1S/C17H21FN2O/c1-3-16-17(12(2)19-21-16)15-8-5-9-20(15)11-13-6-4-7-14(18)10-13/h4,6-7,10,15H,3,5,8-9,11H2,1-2H3. The van der Waals surface area contributed by atoms with E-state index >= 15 is 0 Å². The van der Waals surface area contributed by atoms with Crippen LogP contribution in [-0.2, 0) is 13.0 Å². The van der Waals surface area contributed by atoms with Crippen LogP contribution in [0.15, 0.2) is 28.8 Å². The number of likely N-dealkylation sites (tertiary alicyclic amines) is 1. The quantitative estimate of drug-likeness (QED) is 0.851. The summed E-state index contributed by atoms with van der Waals surface area (Å²) in [5.41, 5.74) is 3.25. The van der Waals surface area contributed by atoms with E-state index in [4.69, 9.17) is 4.52 Å². The first-order chi connectivity index (χ1) is 10.2. The van der Waals surface area contributed by atoms with Crippen LogP contribution in [0, 0.1) is 12.7 Å². The SMILES string of the molecule is CCc1onc(C)c1C1CCCN1Cc1cccc(F)c1. The van der Waals surface area contributed by atoms with E-state index in [1.165, 1.54) is 11.6 Å². The van der Waals surface area contributed by atoms with Gasteiger partial charge in [0.15, 0.2) is 0 Å². The van der Waals surface area contributed by atoms with E-state index in [1.807, 2.05) is 13.0 Å². The van der Waals surface area contributed by atoms with Crippen LogP contribution in [0.5, 0.6) is 0 Å². The minimum Gasteiger partial charge on any atom is -0.361 e. The topological polar surface area (TPSA) is 29.3 Å². The maximum Gasteiger partial charge on any atom is 0.141 e. The molecule has 2 aromatic rings. The Morgan fingerprint density at radius 3 is 3.05 bits per heavy atom. The predicted octanol–water partition coefficient (Wildman–Crippen LogP) is 4.02. The lowest BCUT2D eigenvalue weighted by molar-refractivity contribution is 0.244. The molecule has 0 radical (unpaired) electrons. The van der Waals surface area contributed by atoms with Crippen LogP contribution in [-0.4, -0.2) is 16.6 Å². The molecule has 1 aromatic heterocycles. The van der Waals surface area contributed by atoms with Crippen molar-refractivity contribution in [1.29, 1.82) is 0 Å². The van der Waals surface area contributed by atoms with Crippen molar-refractivity contribution >= 4 is 0 Å². The van der Waals surface area contributed by atoms with Gasteiger partial charge in [-0.2, -0.15) is 0 Å². The van der Waals surface area contributed by atoms with Crippen molar-refractivity contribution in [2.75, 3.05) is 6.54 Å². The highest BCUT2D eigenvalue weighted by molar-refractivity contribution is 5.27. The molecule has 1 saturated heterocycles. The van der Waals surface area contributed by atoms with Crippen molar-refractivity contribution in [2.45, 2.75) is 45.7 Å². The van der Waals surface area contributed by atoms with Crippen molar-refractivity contribution in [3.63, 3.8) is 0 Å². The Morgan fingerprint density at radius 2 is 2.29 bits per heavy atom. The minimum atomic E-state index is -0.168. The van der Waals surface area contributed by atoms with Gasteiger partial charge < -0.3 is 4.52 Å². The van der Waals surface area contributed by atoms with Crippen LogP contribution >= 0.6 is 0 Å². The lowest BCUT2D eigenvalue weighted by Gasteiger charge is -2.24. The van der Waals surface area contributed by atoms with E-state index in [-0.39, 0.29) is 5.82 Å². The van der Waals surface area contributed by atoms with Crippen molar-refractivity contribution in [3.05, 3.63) is 52.7 Å². The summed E-state index contributed by atoms with van der Waals surface area (Å²) in [6.45, 7) is 5.91. The van der Waals surface area contributed by atoms with E-state index in [0.29, 0.717) is 6.04 Å². The molecule has 21 heavy (non-hydrogen) atoms. The van der Waals surface area contributed by atoms with E-state index in [2.05, 4.69) is 17.0 Å².